The lowest BCUT2D eigenvalue weighted by Gasteiger charge is -2.43. The second-order valence-electron chi connectivity index (χ2n) is 9.22. The van der Waals surface area contributed by atoms with E-state index in [9.17, 15) is 9.59 Å². The number of amides is 1. The maximum absolute atomic E-state index is 13.4. The molecule has 4 rings (SSSR count). The third-order valence-electron chi connectivity index (χ3n) is 6.23. The van der Waals surface area contributed by atoms with Gasteiger partial charge >= 0.3 is 0 Å². The summed E-state index contributed by atoms with van der Waals surface area (Å²) in [6.07, 6.45) is 2.56. The number of ketones is 1. The van der Waals surface area contributed by atoms with Gasteiger partial charge in [0.15, 0.2) is 5.78 Å². The molecule has 2 aromatic carbocycles. The minimum absolute atomic E-state index is 0.0732. The van der Waals surface area contributed by atoms with Gasteiger partial charge in [0.25, 0.3) is 0 Å². The van der Waals surface area contributed by atoms with Crippen molar-refractivity contribution in [3.63, 3.8) is 0 Å². The fourth-order valence-electron chi connectivity index (χ4n) is 4.68. The van der Waals surface area contributed by atoms with Crippen molar-refractivity contribution in [3.05, 3.63) is 76.5 Å². The number of nitrogens with zero attached hydrogens (tertiary/aromatic N) is 1. The summed E-state index contributed by atoms with van der Waals surface area (Å²) in [6.45, 7) is 8.41. The molecule has 1 aliphatic heterocycles. The largest absolute Gasteiger partial charge is 0.294 e. The molecule has 1 aliphatic carbocycles. The molecule has 2 aromatic rings. The molecule has 1 heterocycles. The normalized spacial score (nSPS) is 21.4. The molecule has 29 heavy (non-hydrogen) atoms. The molecule has 150 valence electrons. The summed E-state index contributed by atoms with van der Waals surface area (Å²) < 4.78 is 0. The Balaban J connectivity index is 1.86. The van der Waals surface area contributed by atoms with E-state index in [2.05, 4.69) is 64.1 Å². The lowest BCUT2D eigenvalue weighted by Crippen LogP contribution is -2.43. The van der Waals surface area contributed by atoms with Crippen molar-refractivity contribution in [2.75, 3.05) is 4.90 Å². The van der Waals surface area contributed by atoms with Gasteiger partial charge in [-0.3, -0.25) is 14.5 Å². The van der Waals surface area contributed by atoms with E-state index in [0.29, 0.717) is 12.8 Å². The molecular weight excluding hydrogens is 358 g/mol. The summed E-state index contributed by atoms with van der Waals surface area (Å²) in [5.41, 5.74) is 5.94. The number of carbonyl (C=O) groups excluding carboxylic acids is 2. The molecule has 0 spiro atoms. The summed E-state index contributed by atoms with van der Waals surface area (Å²) in [5, 5.41) is 0. The molecule has 3 heteroatoms. The van der Waals surface area contributed by atoms with Crippen LogP contribution in [0.4, 0.5) is 5.69 Å². The van der Waals surface area contributed by atoms with Gasteiger partial charge in [0.2, 0.25) is 5.91 Å². The molecule has 1 amide bonds. The van der Waals surface area contributed by atoms with Gasteiger partial charge in [-0.05, 0) is 48.4 Å². The van der Waals surface area contributed by atoms with E-state index in [0.717, 1.165) is 35.4 Å². The second kappa shape index (κ2) is 7.29. The number of aryl methyl sites for hydroxylation is 2. The van der Waals surface area contributed by atoms with Crippen LogP contribution in [0.1, 0.15) is 62.6 Å². The van der Waals surface area contributed by atoms with Crippen molar-refractivity contribution < 1.29 is 9.59 Å². The standard InChI is InChI=1S/C26H29NO2/c1-5-18-8-12-20(13-9-18)27-22-15-26(3,4)16-23(28)25(22)21(14-24(27)29)19-10-6-17(2)7-11-19/h6-13,21H,5,14-16H2,1-4H3. The second-order valence-corrected chi connectivity index (χ2v) is 9.22. The molecule has 0 saturated heterocycles. The molecular formula is C26H29NO2. The molecule has 0 aromatic heterocycles. The minimum atomic E-state index is -0.146. The zero-order chi connectivity index (χ0) is 20.8. The third kappa shape index (κ3) is 3.66. The molecule has 1 unspecified atom stereocenters. The zero-order valence-electron chi connectivity index (χ0n) is 17.8. The number of rotatable bonds is 3. The van der Waals surface area contributed by atoms with Crippen LogP contribution >= 0.6 is 0 Å². The number of Topliss-reactive ketones (excluding diaryl/α,β-unsaturated/α-hetero) is 1. The Labute approximate surface area is 173 Å². The van der Waals surface area contributed by atoms with Crippen LogP contribution in [0.2, 0.25) is 0 Å². The van der Waals surface area contributed by atoms with Gasteiger partial charge in [-0.15, -0.1) is 0 Å². The Morgan fingerprint density at radius 1 is 0.966 bits per heavy atom. The third-order valence-corrected chi connectivity index (χ3v) is 6.23. The van der Waals surface area contributed by atoms with Crippen molar-refractivity contribution in [2.24, 2.45) is 5.41 Å². The summed E-state index contributed by atoms with van der Waals surface area (Å²) >= 11 is 0. The number of carbonyl (C=O) groups is 2. The first kappa shape index (κ1) is 19.6. The van der Waals surface area contributed by atoms with Gasteiger partial charge in [0, 0.05) is 35.7 Å². The van der Waals surface area contributed by atoms with Crippen LogP contribution in [0, 0.1) is 12.3 Å². The van der Waals surface area contributed by atoms with Crippen LogP contribution in [-0.2, 0) is 16.0 Å². The highest BCUT2D eigenvalue weighted by Gasteiger charge is 2.44. The number of anilines is 1. The van der Waals surface area contributed by atoms with E-state index in [1.807, 2.05) is 17.0 Å². The Morgan fingerprint density at radius 3 is 2.24 bits per heavy atom. The van der Waals surface area contributed by atoms with Crippen LogP contribution < -0.4 is 4.90 Å². The van der Waals surface area contributed by atoms with E-state index in [-0.39, 0.29) is 23.0 Å². The van der Waals surface area contributed by atoms with E-state index < -0.39 is 0 Å². The molecule has 0 N–H and O–H groups in total. The van der Waals surface area contributed by atoms with Crippen molar-refractivity contribution >= 4 is 17.4 Å². The van der Waals surface area contributed by atoms with Crippen LogP contribution in [0.25, 0.3) is 0 Å². The maximum Gasteiger partial charge on any atom is 0.232 e. The Bertz CT molecular complexity index is 980. The highest BCUT2D eigenvalue weighted by Crippen LogP contribution is 2.48. The number of hydrogen-bond acceptors (Lipinski definition) is 2. The quantitative estimate of drug-likeness (QED) is 0.675. The molecule has 3 nitrogen and oxygen atoms in total. The SMILES string of the molecule is CCc1ccc(N2C(=O)CC(c3ccc(C)cc3)C3=C2CC(C)(C)CC3=O)cc1. The first-order valence-electron chi connectivity index (χ1n) is 10.5. The monoisotopic (exact) mass is 387 g/mol. The topological polar surface area (TPSA) is 37.4 Å². The number of allylic oxidation sites excluding steroid dienone is 2. The molecule has 0 saturated carbocycles. The smallest absolute Gasteiger partial charge is 0.232 e. The predicted molar refractivity (Wildman–Crippen MR) is 117 cm³/mol. The van der Waals surface area contributed by atoms with E-state index in [1.54, 1.807) is 0 Å². The van der Waals surface area contributed by atoms with Gasteiger partial charge in [0.05, 0.1) is 0 Å². The Hall–Kier alpha value is -2.68. The van der Waals surface area contributed by atoms with E-state index >= 15 is 0 Å². The number of benzene rings is 2. The number of hydrogen-bond donors (Lipinski definition) is 0. The summed E-state index contributed by atoms with van der Waals surface area (Å²) in [6, 6.07) is 16.4. The fourth-order valence-corrected chi connectivity index (χ4v) is 4.68. The molecule has 1 atom stereocenters. The fraction of sp³-hybridized carbons (Fsp3) is 0.385. The van der Waals surface area contributed by atoms with E-state index in [1.165, 1.54) is 11.1 Å². The van der Waals surface area contributed by atoms with Crippen LogP contribution in [-0.4, -0.2) is 11.7 Å². The highest BCUT2D eigenvalue weighted by atomic mass is 16.2. The van der Waals surface area contributed by atoms with E-state index in [4.69, 9.17) is 0 Å². The zero-order valence-corrected chi connectivity index (χ0v) is 17.8. The minimum Gasteiger partial charge on any atom is -0.294 e. The first-order valence-corrected chi connectivity index (χ1v) is 10.5. The van der Waals surface area contributed by atoms with Crippen LogP contribution in [0.3, 0.4) is 0 Å². The maximum atomic E-state index is 13.4. The average molecular weight is 388 g/mol. The summed E-state index contributed by atoms with van der Waals surface area (Å²) in [5.74, 6) is 0.112. The highest BCUT2D eigenvalue weighted by molar-refractivity contribution is 6.07. The first-order chi connectivity index (χ1) is 13.8. The average Bonchev–Trinajstić information content (AvgIpc) is 2.67. The lowest BCUT2D eigenvalue weighted by molar-refractivity contribution is -0.121. The molecule has 2 aliphatic rings. The van der Waals surface area contributed by atoms with Gasteiger partial charge in [-0.2, -0.15) is 0 Å². The van der Waals surface area contributed by atoms with Crippen molar-refractivity contribution in [3.8, 4) is 0 Å². The Morgan fingerprint density at radius 2 is 1.62 bits per heavy atom. The van der Waals surface area contributed by atoms with Gasteiger partial charge < -0.3 is 0 Å². The summed E-state index contributed by atoms with van der Waals surface area (Å²) in [7, 11) is 0. The van der Waals surface area contributed by atoms with Crippen LogP contribution in [0.15, 0.2) is 59.8 Å². The summed E-state index contributed by atoms with van der Waals surface area (Å²) in [4.78, 5) is 28.5. The van der Waals surface area contributed by atoms with Crippen molar-refractivity contribution in [1.29, 1.82) is 0 Å². The molecule has 0 fully saturated rings. The molecule has 0 bridgehead atoms. The van der Waals surface area contributed by atoms with Crippen molar-refractivity contribution in [2.45, 2.75) is 59.3 Å². The Kier molecular flexibility index (Phi) is 4.94. The van der Waals surface area contributed by atoms with Gasteiger partial charge in [-0.25, -0.2) is 0 Å². The predicted octanol–water partition coefficient (Wildman–Crippen LogP) is 5.72. The lowest BCUT2D eigenvalue weighted by atomic mass is 9.69. The van der Waals surface area contributed by atoms with Gasteiger partial charge in [-0.1, -0.05) is 62.7 Å². The van der Waals surface area contributed by atoms with Crippen LogP contribution in [0.5, 0.6) is 0 Å². The molecule has 0 radical (unpaired) electrons. The van der Waals surface area contributed by atoms with Crippen molar-refractivity contribution in [1.82, 2.24) is 0 Å². The van der Waals surface area contributed by atoms with Gasteiger partial charge in [0.1, 0.15) is 0 Å².